The van der Waals surface area contributed by atoms with Crippen molar-refractivity contribution in [2.75, 3.05) is 19.0 Å². The van der Waals surface area contributed by atoms with Crippen molar-refractivity contribution >= 4 is 22.9 Å². The third-order valence-electron chi connectivity index (χ3n) is 7.36. The van der Waals surface area contributed by atoms with E-state index in [1.807, 2.05) is 36.4 Å². The van der Waals surface area contributed by atoms with Crippen LogP contribution < -0.4 is 36.3 Å². The molecule has 0 unspecified atom stereocenters. The minimum Gasteiger partial charge on any atom is -1.00 e. The van der Waals surface area contributed by atoms with Crippen molar-refractivity contribution in [2.45, 2.75) is 104 Å². The van der Waals surface area contributed by atoms with E-state index in [2.05, 4.69) is 41.4 Å². The van der Waals surface area contributed by atoms with Gasteiger partial charge in [0.25, 0.3) is 0 Å². The second-order valence-corrected chi connectivity index (χ2v) is 11.8. The highest BCUT2D eigenvalue weighted by atomic mass is 79.9. The summed E-state index contributed by atoms with van der Waals surface area (Å²) in [6.07, 6.45) is 18.3. The van der Waals surface area contributed by atoms with Crippen LogP contribution in [0, 0.1) is 6.92 Å². The molecule has 0 bridgehead atoms. The summed E-state index contributed by atoms with van der Waals surface area (Å²) in [4.78, 5) is 12.9. The molecule has 41 heavy (non-hydrogen) atoms. The third-order valence-corrected chi connectivity index (χ3v) is 8.20. The minimum absolute atomic E-state index is 0. The number of nitrogens with zero attached hydrogens (tertiary/aromatic N) is 1. The number of hydrogen-bond acceptors (Lipinski definition) is 4. The van der Waals surface area contributed by atoms with E-state index in [1.165, 1.54) is 75.6 Å². The first-order valence-corrected chi connectivity index (χ1v) is 16.1. The van der Waals surface area contributed by atoms with Crippen molar-refractivity contribution in [3.63, 3.8) is 0 Å². The predicted molar refractivity (Wildman–Crippen MR) is 167 cm³/mol. The Morgan fingerprint density at radius 3 is 2.17 bits per heavy atom. The smallest absolute Gasteiger partial charge is 0.234 e. The van der Waals surface area contributed by atoms with E-state index in [9.17, 15) is 4.79 Å². The first-order chi connectivity index (χ1) is 19.6. The Balaban J connectivity index is 0.00000588. The van der Waals surface area contributed by atoms with Gasteiger partial charge in [-0.15, -0.1) is 0 Å². The van der Waals surface area contributed by atoms with Crippen LogP contribution in [-0.2, 0) is 17.8 Å². The number of thiazole rings is 1. The number of ether oxygens (including phenoxy) is 2. The van der Waals surface area contributed by atoms with Crippen LogP contribution in [0.4, 0.5) is 5.69 Å². The van der Waals surface area contributed by atoms with Gasteiger partial charge >= 0.3 is 0 Å². The third kappa shape index (κ3) is 13.0. The van der Waals surface area contributed by atoms with Crippen molar-refractivity contribution in [2.24, 2.45) is 0 Å². The van der Waals surface area contributed by atoms with Gasteiger partial charge in [0.2, 0.25) is 10.9 Å². The number of carbonyl (C=O) groups is 1. The number of rotatable bonds is 20. The van der Waals surface area contributed by atoms with Gasteiger partial charge in [0.15, 0.2) is 24.2 Å². The summed E-state index contributed by atoms with van der Waals surface area (Å²) in [5.41, 5.74) is 2.83. The summed E-state index contributed by atoms with van der Waals surface area (Å²) in [5, 5.41) is 6.41. The summed E-state index contributed by atoms with van der Waals surface area (Å²) in [7, 11) is 1.65. The second-order valence-electron chi connectivity index (χ2n) is 10.7. The lowest BCUT2D eigenvalue weighted by molar-refractivity contribution is -0.689. The number of halogens is 1. The Bertz CT molecular complexity index is 1150. The lowest BCUT2D eigenvalue weighted by atomic mass is 10.1. The SMILES string of the molecule is CCCCCCCCCCCCCCOc1ccc(CC(=O)Nc2ccccc2C[n+]2ccsc2C)cc1OC.[Br-]. The molecule has 0 atom stereocenters. The normalized spacial score (nSPS) is 10.7. The molecule has 0 saturated heterocycles. The number of methoxy groups -OCH3 is 1. The van der Waals surface area contributed by atoms with Crippen LogP contribution in [0.3, 0.4) is 0 Å². The van der Waals surface area contributed by atoms with E-state index < -0.39 is 0 Å². The van der Waals surface area contributed by atoms with Gasteiger partial charge < -0.3 is 31.8 Å². The molecule has 2 aromatic carbocycles. The Morgan fingerprint density at radius 2 is 1.54 bits per heavy atom. The lowest BCUT2D eigenvalue weighted by Crippen LogP contribution is -3.00. The number of unbranched alkanes of at least 4 members (excludes halogenated alkanes) is 11. The van der Waals surface area contributed by atoms with Gasteiger partial charge in [0.1, 0.15) is 0 Å². The number of aryl methyl sites for hydroxylation is 1. The van der Waals surface area contributed by atoms with E-state index in [0.717, 1.165) is 35.5 Å². The van der Waals surface area contributed by atoms with Gasteiger partial charge in [0, 0.05) is 12.5 Å². The van der Waals surface area contributed by atoms with Crippen LogP contribution in [0.1, 0.15) is 100 Å². The maximum Gasteiger partial charge on any atom is 0.234 e. The molecule has 0 fully saturated rings. The van der Waals surface area contributed by atoms with E-state index in [1.54, 1.807) is 18.4 Å². The Kier molecular flexibility index (Phi) is 17.4. The van der Waals surface area contributed by atoms with Crippen molar-refractivity contribution < 1.29 is 35.8 Å². The Morgan fingerprint density at radius 1 is 0.878 bits per heavy atom. The van der Waals surface area contributed by atoms with Crippen LogP contribution in [0.2, 0.25) is 0 Å². The number of nitrogens with one attached hydrogen (secondary N) is 1. The van der Waals surface area contributed by atoms with E-state index in [4.69, 9.17) is 9.47 Å². The number of para-hydroxylation sites is 1. The predicted octanol–water partition coefficient (Wildman–Crippen LogP) is 5.67. The number of anilines is 1. The first kappa shape index (κ1) is 34.8. The maximum atomic E-state index is 12.9. The topological polar surface area (TPSA) is 51.4 Å². The van der Waals surface area contributed by atoms with Crippen LogP contribution in [0.5, 0.6) is 11.5 Å². The molecule has 0 aliphatic rings. The fourth-order valence-electron chi connectivity index (χ4n) is 4.95. The van der Waals surface area contributed by atoms with Crippen LogP contribution in [0.15, 0.2) is 54.0 Å². The van der Waals surface area contributed by atoms with E-state index in [0.29, 0.717) is 12.4 Å². The van der Waals surface area contributed by atoms with Crippen molar-refractivity contribution in [1.29, 1.82) is 0 Å². The summed E-state index contributed by atoms with van der Waals surface area (Å²) in [6, 6.07) is 13.8. The number of hydrogen-bond donors (Lipinski definition) is 1. The molecule has 0 aliphatic heterocycles. The zero-order chi connectivity index (χ0) is 28.4. The molecule has 1 N–H and O–H groups in total. The monoisotopic (exact) mass is 644 g/mol. The largest absolute Gasteiger partial charge is 1.00 e. The van der Waals surface area contributed by atoms with E-state index >= 15 is 0 Å². The molecule has 1 aromatic heterocycles. The molecular weight excluding hydrogens is 596 g/mol. The molecule has 0 spiro atoms. The lowest BCUT2D eigenvalue weighted by Gasteiger charge is -2.13. The summed E-state index contributed by atoms with van der Waals surface area (Å²) in [6.45, 7) is 5.79. The van der Waals surface area contributed by atoms with Gasteiger partial charge in [-0.3, -0.25) is 4.79 Å². The van der Waals surface area contributed by atoms with Gasteiger partial charge in [-0.1, -0.05) is 113 Å². The number of carbonyl (C=O) groups excluding carboxylic acids is 1. The fraction of sp³-hybridized carbons (Fsp3) is 0.529. The van der Waals surface area contributed by atoms with Gasteiger partial charge in [-0.25, -0.2) is 0 Å². The molecular formula is C34H49BrN2O3S. The molecule has 7 heteroatoms. The number of benzene rings is 2. The highest BCUT2D eigenvalue weighted by Gasteiger charge is 2.14. The van der Waals surface area contributed by atoms with Crippen molar-refractivity contribution in [3.8, 4) is 11.5 Å². The summed E-state index contributed by atoms with van der Waals surface area (Å²) < 4.78 is 13.8. The van der Waals surface area contributed by atoms with Crippen molar-refractivity contribution in [3.05, 3.63) is 70.2 Å². The zero-order valence-corrected chi connectivity index (χ0v) is 27.7. The first-order valence-electron chi connectivity index (χ1n) is 15.2. The van der Waals surface area contributed by atoms with Gasteiger partial charge in [-0.05, 0) is 30.2 Å². The zero-order valence-electron chi connectivity index (χ0n) is 25.3. The van der Waals surface area contributed by atoms with E-state index in [-0.39, 0.29) is 29.3 Å². The van der Waals surface area contributed by atoms with Crippen LogP contribution in [0.25, 0.3) is 0 Å². The molecule has 3 aromatic rings. The van der Waals surface area contributed by atoms with Gasteiger partial charge in [0.05, 0.1) is 31.2 Å². The molecule has 5 nitrogen and oxygen atoms in total. The summed E-state index contributed by atoms with van der Waals surface area (Å²) in [5.74, 6) is 1.36. The van der Waals surface area contributed by atoms with Crippen molar-refractivity contribution in [1.82, 2.24) is 0 Å². The Labute approximate surface area is 262 Å². The number of aromatic nitrogens is 1. The molecule has 0 aliphatic carbocycles. The Hall–Kier alpha value is -2.38. The molecule has 0 saturated carbocycles. The van der Waals surface area contributed by atoms with Crippen LogP contribution in [-0.4, -0.2) is 19.6 Å². The fourth-order valence-corrected chi connectivity index (χ4v) is 5.61. The number of amides is 1. The standard InChI is InChI=1S/C34H48N2O3S.BrH/c1-4-5-6-7-8-9-10-11-12-13-14-17-23-39-32-21-20-29(25-33(32)38-3)26-34(37)35-31-19-16-15-18-30(31)27-36-22-24-40-28(36)2;/h15-16,18-22,24-25H,4-14,17,23,26-27H2,1-3H3;1H. The molecule has 226 valence electrons. The minimum atomic E-state index is -0.0493. The van der Waals surface area contributed by atoms with Crippen LogP contribution >= 0.6 is 11.3 Å². The molecule has 0 radical (unpaired) electrons. The molecule has 1 heterocycles. The molecule has 1 amide bonds. The average molecular weight is 646 g/mol. The highest BCUT2D eigenvalue weighted by molar-refractivity contribution is 7.09. The molecule has 3 rings (SSSR count). The quantitative estimate of drug-likeness (QED) is 0.127. The average Bonchev–Trinajstić information content (AvgIpc) is 3.36. The van der Waals surface area contributed by atoms with Gasteiger partial charge in [-0.2, -0.15) is 4.57 Å². The second kappa shape index (κ2) is 20.5. The summed E-state index contributed by atoms with van der Waals surface area (Å²) >= 11 is 1.72. The maximum absolute atomic E-state index is 12.9. The highest BCUT2D eigenvalue weighted by Crippen LogP contribution is 2.29.